The molecule has 0 saturated carbocycles. The summed E-state index contributed by atoms with van der Waals surface area (Å²) in [5.74, 6) is -1.72. The second-order valence-corrected chi connectivity index (χ2v) is 7.15. The molecule has 32 heavy (non-hydrogen) atoms. The van der Waals surface area contributed by atoms with Crippen molar-refractivity contribution >= 4 is 23.4 Å². The Hall–Kier alpha value is -4.33. The molecule has 4 rings (SSSR count). The number of phenols is 2. The molecule has 1 aliphatic rings. The van der Waals surface area contributed by atoms with E-state index in [1.807, 2.05) is 0 Å². The number of carboxylic acid groups (broad SMARTS) is 1. The Morgan fingerprint density at radius 3 is 2.62 bits per heavy atom. The van der Waals surface area contributed by atoms with Gasteiger partial charge in [-0.1, -0.05) is 12.1 Å². The van der Waals surface area contributed by atoms with E-state index in [1.165, 1.54) is 37.6 Å². The number of phenolic OH excluding ortho intramolecular Hbond substituents is 2. The lowest BCUT2D eigenvalue weighted by Gasteiger charge is -2.27. The summed E-state index contributed by atoms with van der Waals surface area (Å²) in [5.41, 5.74) is 0.984. The first-order valence-electron chi connectivity index (χ1n) is 9.67. The summed E-state index contributed by atoms with van der Waals surface area (Å²) < 4.78 is 11.0. The molecule has 8 heteroatoms. The van der Waals surface area contributed by atoms with Gasteiger partial charge in [-0.15, -0.1) is 0 Å². The normalized spacial score (nSPS) is 15.6. The number of aromatic nitrogens is 1. The van der Waals surface area contributed by atoms with Crippen molar-refractivity contribution in [3.63, 3.8) is 0 Å². The fourth-order valence-electron chi connectivity index (χ4n) is 3.57. The maximum absolute atomic E-state index is 12.7. The molecule has 3 N–H and O–H groups in total. The summed E-state index contributed by atoms with van der Waals surface area (Å²) >= 11 is 0. The molecular formula is C24H19NO7. The first kappa shape index (κ1) is 20.9. The molecule has 0 radical (unpaired) electrons. The molecule has 1 aromatic heterocycles. The van der Waals surface area contributed by atoms with Crippen LogP contribution in [0.4, 0.5) is 0 Å². The number of pyridine rings is 1. The summed E-state index contributed by atoms with van der Waals surface area (Å²) in [7, 11) is 1.43. The lowest BCUT2D eigenvalue weighted by Crippen LogP contribution is -2.21. The quantitative estimate of drug-likeness (QED) is 0.518. The van der Waals surface area contributed by atoms with Crippen LogP contribution in [-0.4, -0.2) is 39.2 Å². The van der Waals surface area contributed by atoms with E-state index in [-0.39, 0.29) is 51.9 Å². The van der Waals surface area contributed by atoms with Crippen molar-refractivity contribution in [3.05, 3.63) is 77.1 Å². The monoisotopic (exact) mass is 433 g/mol. The number of aromatic hydroxyl groups is 2. The number of aliphatic carboxylic acids is 1. The first-order chi connectivity index (χ1) is 15.4. The van der Waals surface area contributed by atoms with E-state index in [9.17, 15) is 24.9 Å². The standard InChI is InChI=1S/C24H19NO7/c1-31-20-6-5-13(8-17(20)26)21-12-19(28)23-18(27)9-14(10-22(23)32-21)16(24(29)30)11-15-4-2-3-7-25-15/h2-11,21,26-27H,12H2,1H3,(H,29,30)/b16-11+/t21-/m0/s1. The van der Waals surface area contributed by atoms with Crippen LogP contribution in [0.5, 0.6) is 23.0 Å². The van der Waals surface area contributed by atoms with Gasteiger partial charge < -0.3 is 24.8 Å². The predicted octanol–water partition coefficient (Wildman–Crippen LogP) is 3.83. The average Bonchev–Trinajstić information content (AvgIpc) is 2.77. The highest BCUT2D eigenvalue weighted by Gasteiger charge is 2.32. The smallest absolute Gasteiger partial charge is 0.336 e. The number of carbonyl (C=O) groups is 2. The third kappa shape index (κ3) is 3.98. The lowest BCUT2D eigenvalue weighted by atomic mass is 9.93. The summed E-state index contributed by atoms with van der Waals surface area (Å²) in [6.07, 6.45) is 2.12. The summed E-state index contributed by atoms with van der Waals surface area (Å²) in [4.78, 5) is 28.7. The van der Waals surface area contributed by atoms with Gasteiger partial charge in [-0.05, 0) is 53.6 Å². The minimum absolute atomic E-state index is 0.00897. The van der Waals surface area contributed by atoms with Crippen LogP contribution < -0.4 is 9.47 Å². The van der Waals surface area contributed by atoms with Crippen LogP contribution in [0.15, 0.2) is 54.7 Å². The average molecular weight is 433 g/mol. The van der Waals surface area contributed by atoms with E-state index < -0.39 is 12.1 Å². The molecule has 3 aromatic rings. The molecule has 0 fully saturated rings. The van der Waals surface area contributed by atoms with Gasteiger partial charge in [0.15, 0.2) is 17.3 Å². The highest BCUT2D eigenvalue weighted by atomic mass is 16.5. The number of rotatable bonds is 5. The van der Waals surface area contributed by atoms with E-state index in [0.717, 1.165) is 0 Å². The Morgan fingerprint density at radius 1 is 1.16 bits per heavy atom. The number of methoxy groups -OCH3 is 1. The number of hydrogen-bond acceptors (Lipinski definition) is 7. The molecule has 162 valence electrons. The van der Waals surface area contributed by atoms with Crippen molar-refractivity contribution in [3.8, 4) is 23.0 Å². The van der Waals surface area contributed by atoms with Gasteiger partial charge in [-0.3, -0.25) is 9.78 Å². The van der Waals surface area contributed by atoms with Gasteiger partial charge in [0.2, 0.25) is 0 Å². The van der Waals surface area contributed by atoms with Crippen LogP contribution in [-0.2, 0) is 4.79 Å². The van der Waals surface area contributed by atoms with Gasteiger partial charge in [0.25, 0.3) is 0 Å². The van der Waals surface area contributed by atoms with Gasteiger partial charge in [-0.2, -0.15) is 0 Å². The number of Topliss-reactive ketones (excluding diaryl/α,β-unsaturated/α-hetero) is 1. The summed E-state index contributed by atoms with van der Waals surface area (Å²) in [6, 6.07) is 12.4. The fourth-order valence-corrected chi connectivity index (χ4v) is 3.57. The Bertz CT molecular complexity index is 1230. The number of carbonyl (C=O) groups excluding carboxylic acids is 1. The van der Waals surface area contributed by atoms with Crippen LogP contribution >= 0.6 is 0 Å². The molecule has 0 spiro atoms. The number of fused-ring (bicyclic) bond motifs is 1. The zero-order valence-electron chi connectivity index (χ0n) is 17.0. The molecule has 0 bridgehead atoms. The molecular weight excluding hydrogens is 414 g/mol. The molecule has 0 aliphatic carbocycles. The molecule has 8 nitrogen and oxygen atoms in total. The number of hydrogen-bond donors (Lipinski definition) is 3. The zero-order chi connectivity index (χ0) is 22.8. The minimum Gasteiger partial charge on any atom is -0.507 e. The first-order valence-corrected chi connectivity index (χ1v) is 9.67. The maximum Gasteiger partial charge on any atom is 0.336 e. The van der Waals surface area contributed by atoms with Crippen molar-refractivity contribution < 1.29 is 34.4 Å². The molecule has 0 amide bonds. The maximum atomic E-state index is 12.7. The van der Waals surface area contributed by atoms with Gasteiger partial charge >= 0.3 is 5.97 Å². The molecule has 2 aromatic carbocycles. The van der Waals surface area contributed by atoms with Crippen molar-refractivity contribution in [2.45, 2.75) is 12.5 Å². The third-order valence-corrected chi connectivity index (χ3v) is 5.10. The Labute approximate surface area is 183 Å². The molecule has 1 atom stereocenters. The van der Waals surface area contributed by atoms with Crippen molar-refractivity contribution in [2.75, 3.05) is 7.11 Å². The van der Waals surface area contributed by atoms with Crippen molar-refractivity contribution in [2.24, 2.45) is 0 Å². The van der Waals surface area contributed by atoms with Crippen molar-refractivity contribution in [1.29, 1.82) is 0 Å². The lowest BCUT2D eigenvalue weighted by molar-refractivity contribution is -0.130. The largest absolute Gasteiger partial charge is 0.507 e. The van der Waals surface area contributed by atoms with Gasteiger partial charge in [0.1, 0.15) is 23.2 Å². The third-order valence-electron chi connectivity index (χ3n) is 5.10. The number of nitrogens with zero attached hydrogens (tertiary/aromatic N) is 1. The Morgan fingerprint density at radius 2 is 1.97 bits per heavy atom. The number of benzene rings is 2. The summed E-state index contributed by atoms with van der Waals surface area (Å²) in [5, 5.41) is 30.3. The Kier molecular flexibility index (Phi) is 5.51. The minimum atomic E-state index is -1.23. The zero-order valence-corrected chi connectivity index (χ0v) is 17.0. The van der Waals surface area contributed by atoms with E-state index in [4.69, 9.17) is 9.47 Å². The van der Waals surface area contributed by atoms with Crippen LogP contribution in [0.25, 0.3) is 11.6 Å². The SMILES string of the molecule is COc1ccc([C@@H]2CC(=O)c3c(O)cc(/C(=C\c4ccccn4)C(=O)O)cc3O2)cc1O. The fraction of sp³-hybridized carbons (Fsp3) is 0.125. The molecule has 1 aliphatic heterocycles. The van der Waals surface area contributed by atoms with Crippen LogP contribution in [0.1, 0.15) is 39.7 Å². The van der Waals surface area contributed by atoms with Crippen LogP contribution in [0.3, 0.4) is 0 Å². The van der Waals surface area contributed by atoms with E-state index >= 15 is 0 Å². The van der Waals surface area contributed by atoms with Crippen molar-refractivity contribution in [1.82, 2.24) is 4.98 Å². The molecule has 2 heterocycles. The second-order valence-electron chi connectivity index (χ2n) is 7.15. The van der Waals surface area contributed by atoms with E-state index in [0.29, 0.717) is 11.3 Å². The molecule has 0 unspecified atom stereocenters. The van der Waals surface area contributed by atoms with Crippen LogP contribution in [0.2, 0.25) is 0 Å². The van der Waals surface area contributed by atoms with Gasteiger partial charge in [-0.25, -0.2) is 4.79 Å². The number of ether oxygens (including phenoxy) is 2. The van der Waals surface area contributed by atoms with E-state index in [2.05, 4.69) is 4.98 Å². The number of ketones is 1. The van der Waals surface area contributed by atoms with Crippen LogP contribution in [0, 0.1) is 0 Å². The van der Waals surface area contributed by atoms with Gasteiger partial charge in [0, 0.05) is 6.20 Å². The Balaban J connectivity index is 1.75. The van der Waals surface area contributed by atoms with E-state index in [1.54, 1.807) is 30.3 Å². The summed E-state index contributed by atoms with van der Waals surface area (Å²) in [6.45, 7) is 0. The highest BCUT2D eigenvalue weighted by Crippen LogP contribution is 2.42. The highest BCUT2D eigenvalue weighted by molar-refractivity contribution is 6.21. The second kappa shape index (κ2) is 8.43. The van der Waals surface area contributed by atoms with Gasteiger partial charge in [0.05, 0.1) is 24.8 Å². The molecule has 0 saturated heterocycles. The predicted molar refractivity (Wildman–Crippen MR) is 115 cm³/mol. The topological polar surface area (TPSA) is 126 Å². The number of carboxylic acids is 1.